The van der Waals surface area contributed by atoms with E-state index in [2.05, 4.69) is 20.4 Å². The molecule has 2 N–H and O–H groups in total. The molecule has 37 heavy (non-hydrogen) atoms. The lowest BCUT2D eigenvalue weighted by molar-refractivity contribution is -0.0633. The van der Waals surface area contributed by atoms with Gasteiger partial charge >= 0.3 is 0 Å². The smallest absolute Gasteiger partial charge is 0.268 e. The van der Waals surface area contributed by atoms with Crippen LogP contribution in [-0.4, -0.2) is 81.4 Å². The number of benzene rings is 1. The lowest BCUT2D eigenvalue weighted by atomic mass is 9.84. The first-order valence-corrected chi connectivity index (χ1v) is 13.3. The van der Waals surface area contributed by atoms with Gasteiger partial charge in [0.2, 0.25) is 21.9 Å². The van der Waals surface area contributed by atoms with Crippen molar-refractivity contribution in [3.8, 4) is 17.0 Å². The molecule has 0 saturated carbocycles. The van der Waals surface area contributed by atoms with Crippen LogP contribution in [0.3, 0.4) is 0 Å². The van der Waals surface area contributed by atoms with Crippen LogP contribution in [0.25, 0.3) is 27.7 Å². The topological polar surface area (TPSA) is 134 Å². The van der Waals surface area contributed by atoms with E-state index in [-0.39, 0.29) is 30.4 Å². The fraction of sp³-hybridized carbons (Fsp3) is 0.455. The van der Waals surface area contributed by atoms with Crippen molar-refractivity contribution in [2.45, 2.75) is 31.2 Å². The van der Waals surface area contributed by atoms with E-state index in [9.17, 15) is 12.8 Å². The van der Waals surface area contributed by atoms with E-state index in [1.165, 1.54) is 22.5 Å². The number of fused-ring (bicyclic) bond motifs is 2. The van der Waals surface area contributed by atoms with Gasteiger partial charge in [0, 0.05) is 18.3 Å². The first kappa shape index (κ1) is 25.2. The number of methoxy groups -OCH3 is 1. The lowest BCUT2D eigenvalue weighted by Crippen LogP contribution is -2.49. The van der Waals surface area contributed by atoms with Gasteiger partial charge in [-0.15, -0.1) is 10.2 Å². The van der Waals surface area contributed by atoms with Crippen molar-refractivity contribution in [1.29, 1.82) is 0 Å². The standard InChI is InChI=1S/C22H25F3N8O3S/c1-12(9-23)33-17-8-13(4-5-16(17)28-30-33)18-14(10-32-19(18)20(36-2)27-21(26)29-32)15-6-7-31(37(3,34)35)11-22(15,24)25/h4-5,8,10,12,15H,6-7,9,11H2,1-3H3,(H2,26,29)/t12-,15+/m0/s1. The quantitative estimate of drug-likeness (QED) is 0.396. The van der Waals surface area contributed by atoms with Gasteiger partial charge in [-0.3, -0.25) is 0 Å². The Bertz CT molecular complexity index is 1600. The van der Waals surface area contributed by atoms with Gasteiger partial charge in [-0.1, -0.05) is 11.3 Å². The van der Waals surface area contributed by atoms with Crippen molar-refractivity contribution in [3.63, 3.8) is 0 Å². The highest BCUT2D eigenvalue weighted by molar-refractivity contribution is 7.88. The average molecular weight is 539 g/mol. The summed E-state index contributed by atoms with van der Waals surface area (Å²) < 4.78 is 77.5. The average Bonchev–Trinajstić information content (AvgIpc) is 3.42. The minimum atomic E-state index is -3.80. The molecule has 0 unspecified atom stereocenters. The van der Waals surface area contributed by atoms with E-state index in [1.54, 1.807) is 25.1 Å². The molecule has 0 spiro atoms. The maximum Gasteiger partial charge on any atom is 0.268 e. The van der Waals surface area contributed by atoms with E-state index in [4.69, 9.17) is 10.5 Å². The molecular formula is C22H25F3N8O3S. The van der Waals surface area contributed by atoms with Gasteiger partial charge in [-0.25, -0.2) is 30.8 Å². The number of sulfonamides is 1. The maximum absolute atomic E-state index is 15.6. The second kappa shape index (κ2) is 8.83. The Morgan fingerprint density at radius 2 is 2.08 bits per heavy atom. The number of nitrogen functional groups attached to an aromatic ring is 1. The molecule has 1 fully saturated rings. The molecule has 15 heteroatoms. The summed E-state index contributed by atoms with van der Waals surface area (Å²) in [5.74, 6) is -4.76. The third kappa shape index (κ3) is 4.25. The number of nitrogens with two attached hydrogens (primary N) is 1. The molecule has 1 saturated heterocycles. The summed E-state index contributed by atoms with van der Waals surface area (Å²) in [5, 5.41) is 12.3. The van der Waals surface area contributed by atoms with Crippen molar-refractivity contribution in [2.24, 2.45) is 0 Å². The summed E-state index contributed by atoms with van der Waals surface area (Å²) >= 11 is 0. The van der Waals surface area contributed by atoms with Crippen molar-refractivity contribution >= 4 is 32.5 Å². The van der Waals surface area contributed by atoms with Crippen LogP contribution < -0.4 is 10.5 Å². The second-order valence-corrected chi connectivity index (χ2v) is 11.2. The number of rotatable bonds is 6. The van der Waals surface area contributed by atoms with Crippen LogP contribution in [0.15, 0.2) is 24.4 Å². The van der Waals surface area contributed by atoms with Gasteiger partial charge in [0.15, 0.2) is 0 Å². The molecule has 4 aromatic rings. The third-order valence-corrected chi connectivity index (χ3v) is 7.90. The zero-order chi connectivity index (χ0) is 26.7. The summed E-state index contributed by atoms with van der Waals surface area (Å²) in [4.78, 5) is 4.13. The molecule has 4 heterocycles. The number of alkyl halides is 3. The van der Waals surface area contributed by atoms with Crippen molar-refractivity contribution < 1.29 is 26.3 Å². The summed E-state index contributed by atoms with van der Waals surface area (Å²) in [6, 6.07) is 4.47. The van der Waals surface area contributed by atoms with E-state index in [0.29, 0.717) is 27.7 Å². The molecule has 1 aliphatic rings. The van der Waals surface area contributed by atoms with Gasteiger partial charge in [0.25, 0.3) is 5.92 Å². The molecule has 3 aromatic heterocycles. The van der Waals surface area contributed by atoms with Crippen molar-refractivity contribution in [3.05, 3.63) is 30.0 Å². The van der Waals surface area contributed by atoms with E-state index >= 15 is 8.78 Å². The van der Waals surface area contributed by atoms with Crippen LogP contribution in [0.5, 0.6) is 5.88 Å². The Labute approximate surface area is 210 Å². The largest absolute Gasteiger partial charge is 0.479 e. The van der Waals surface area contributed by atoms with E-state index < -0.39 is 41.1 Å². The molecule has 198 valence electrons. The van der Waals surface area contributed by atoms with Gasteiger partial charge in [0.1, 0.15) is 17.7 Å². The molecule has 1 aliphatic heterocycles. The summed E-state index contributed by atoms with van der Waals surface area (Å²) in [6.07, 6.45) is 2.23. The highest BCUT2D eigenvalue weighted by atomic mass is 32.2. The normalized spacial score (nSPS) is 19.5. The monoisotopic (exact) mass is 538 g/mol. The Balaban J connectivity index is 1.75. The Hall–Kier alpha value is -3.46. The predicted octanol–water partition coefficient (Wildman–Crippen LogP) is 2.65. The van der Waals surface area contributed by atoms with Crippen LogP contribution in [0.4, 0.5) is 19.1 Å². The second-order valence-electron chi connectivity index (χ2n) is 9.17. The first-order valence-electron chi connectivity index (χ1n) is 11.4. The Morgan fingerprint density at radius 1 is 1.32 bits per heavy atom. The summed E-state index contributed by atoms with van der Waals surface area (Å²) in [7, 11) is -2.42. The first-order chi connectivity index (χ1) is 17.4. The molecule has 11 nitrogen and oxygen atoms in total. The summed E-state index contributed by atoms with van der Waals surface area (Å²) in [6.45, 7) is -0.0405. The summed E-state index contributed by atoms with van der Waals surface area (Å²) in [5.41, 5.74) is 8.27. The maximum atomic E-state index is 15.6. The van der Waals surface area contributed by atoms with Gasteiger partial charge in [-0.2, -0.15) is 9.29 Å². The van der Waals surface area contributed by atoms with Crippen LogP contribution >= 0.6 is 0 Å². The molecule has 2 atom stereocenters. The van der Waals surface area contributed by atoms with Crippen LogP contribution in [0.2, 0.25) is 0 Å². The minimum absolute atomic E-state index is 0.0700. The van der Waals surface area contributed by atoms with Gasteiger partial charge in [-0.05, 0) is 36.6 Å². The lowest BCUT2D eigenvalue weighted by Gasteiger charge is -2.37. The molecule has 0 aliphatic carbocycles. The van der Waals surface area contributed by atoms with E-state index in [0.717, 1.165) is 10.6 Å². The molecular weight excluding hydrogens is 513 g/mol. The number of halogens is 3. The molecule has 0 radical (unpaired) electrons. The van der Waals surface area contributed by atoms with Gasteiger partial charge in [0.05, 0.1) is 37.4 Å². The number of nitrogens with zero attached hydrogens (tertiary/aromatic N) is 7. The van der Waals surface area contributed by atoms with Crippen molar-refractivity contribution in [1.82, 2.24) is 33.9 Å². The highest BCUT2D eigenvalue weighted by Gasteiger charge is 2.49. The zero-order valence-corrected chi connectivity index (χ0v) is 21.1. The van der Waals surface area contributed by atoms with Crippen LogP contribution in [-0.2, 0) is 10.0 Å². The van der Waals surface area contributed by atoms with E-state index in [1.807, 2.05) is 0 Å². The molecule has 1 aromatic carbocycles. The van der Waals surface area contributed by atoms with Crippen LogP contribution in [0, 0.1) is 0 Å². The SMILES string of the molecule is COc1nc(N)nn2cc([C@H]3CCN(S(C)(=O)=O)CC3(F)F)c(-c3ccc4nnn([C@@H](C)CF)c4c3)c12. The number of anilines is 1. The highest BCUT2D eigenvalue weighted by Crippen LogP contribution is 2.47. The Morgan fingerprint density at radius 3 is 2.73 bits per heavy atom. The fourth-order valence-corrected chi connectivity index (χ4v) is 5.70. The Kier molecular flexibility index (Phi) is 6.02. The molecule has 0 bridgehead atoms. The van der Waals surface area contributed by atoms with Gasteiger partial charge < -0.3 is 10.5 Å². The number of hydrogen-bond acceptors (Lipinski definition) is 8. The van der Waals surface area contributed by atoms with Crippen LogP contribution in [0.1, 0.15) is 30.9 Å². The molecule has 5 rings (SSSR count). The number of piperidine rings is 1. The third-order valence-electron chi connectivity index (χ3n) is 6.65. The fourth-order valence-electron chi connectivity index (χ4n) is 4.85. The minimum Gasteiger partial charge on any atom is -0.479 e. The number of aromatic nitrogens is 6. The number of hydrogen-bond donors (Lipinski definition) is 1. The van der Waals surface area contributed by atoms with Crippen molar-refractivity contribution in [2.75, 3.05) is 38.9 Å². The molecule has 0 amide bonds. The number of ether oxygens (including phenoxy) is 1. The predicted molar refractivity (Wildman–Crippen MR) is 130 cm³/mol. The zero-order valence-electron chi connectivity index (χ0n) is 20.3.